The summed E-state index contributed by atoms with van der Waals surface area (Å²) >= 11 is 0. The summed E-state index contributed by atoms with van der Waals surface area (Å²) in [6.45, 7) is 4.82. The molecule has 0 bridgehead atoms. The molecule has 3 heterocycles. The predicted molar refractivity (Wildman–Crippen MR) is 117 cm³/mol. The Labute approximate surface area is 177 Å². The van der Waals surface area contributed by atoms with Gasteiger partial charge in [-0.1, -0.05) is 18.2 Å². The average molecular weight is 402 g/mol. The van der Waals surface area contributed by atoms with Crippen LogP contribution in [0.1, 0.15) is 16.8 Å². The highest BCUT2D eigenvalue weighted by atomic mass is 16.6. The van der Waals surface area contributed by atoms with Crippen molar-refractivity contribution in [2.24, 2.45) is 0 Å². The number of pyridine rings is 2. The molecule has 0 spiro atoms. The van der Waals surface area contributed by atoms with Gasteiger partial charge in [-0.2, -0.15) is 0 Å². The maximum atomic E-state index is 12.5. The van der Waals surface area contributed by atoms with E-state index in [1.165, 1.54) is 11.1 Å². The Morgan fingerprint density at radius 1 is 0.933 bits per heavy atom. The van der Waals surface area contributed by atoms with Crippen LogP contribution in [0, 0.1) is 6.92 Å². The molecule has 0 N–H and O–H groups in total. The molecule has 0 atom stereocenters. The fourth-order valence-corrected chi connectivity index (χ4v) is 3.56. The Bertz CT molecular complexity index is 968. The van der Waals surface area contributed by atoms with Gasteiger partial charge in [0.05, 0.1) is 0 Å². The molecule has 3 aromatic rings. The molecule has 0 radical (unpaired) electrons. The first kappa shape index (κ1) is 19.9. The van der Waals surface area contributed by atoms with Crippen LogP contribution in [0.5, 0.6) is 5.75 Å². The van der Waals surface area contributed by atoms with Crippen LogP contribution in [0.15, 0.2) is 67.0 Å². The number of carbonyl (C=O) groups excluding carboxylic acids is 1. The van der Waals surface area contributed by atoms with Crippen molar-refractivity contribution in [2.75, 3.05) is 31.1 Å². The zero-order valence-electron chi connectivity index (χ0n) is 17.2. The van der Waals surface area contributed by atoms with Gasteiger partial charge in [0, 0.05) is 44.3 Å². The average Bonchev–Trinajstić information content (AvgIpc) is 2.79. The van der Waals surface area contributed by atoms with Crippen LogP contribution in [0.4, 0.5) is 10.6 Å². The molecule has 2 aromatic heterocycles. The largest absolute Gasteiger partial charge is 0.415 e. The molecule has 1 aliphatic heterocycles. The molecular formula is C24H26N4O2. The van der Waals surface area contributed by atoms with Crippen LogP contribution in [0.25, 0.3) is 0 Å². The van der Waals surface area contributed by atoms with Gasteiger partial charge in [0.15, 0.2) is 0 Å². The van der Waals surface area contributed by atoms with E-state index in [0.717, 1.165) is 37.4 Å². The summed E-state index contributed by atoms with van der Waals surface area (Å²) in [6, 6.07) is 17.7. The van der Waals surface area contributed by atoms with E-state index in [2.05, 4.69) is 27.9 Å². The topological polar surface area (TPSA) is 58.6 Å². The van der Waals surface area contributed by atoms with Gasteiger partial charge in [0.1, 0.15) is 11.6 Å². The van der Waals surface area contributed by atoms with E-state index in [-0.39, 0.29) is 6.09 Å². The van der Waals surface area contributed by atoms with Gasteiger partial charge in [-0.25, -0.2) is 9.78 Å². The summed E-state index contributed by atoms with van der Waals surface area (Å²) in [5, 5.41) is 0. The van der Waals surface area contributed by atoms with Gasteiger partial charge < -0.3 is 14.5 Å². The quantitative estimate of drug-likeness (QED) is 0.648. The van der Waals surface area contributed by atoms with Crippen molar-refractivity contribution >= 4 is 11.9 Å². The first-order chi connectivity index (χ1) is 14.7. The number of ether oxygens (including phenoxy) is 1. The maximum Gasteiger partial charge on any atom is 0.415 e. The first-order valence-corrected chi connectivity index (χ1v) is 10.3. The van der Waals surface area contributed by atoms with Gasteiger partial charge in [-0.05, 0) is 67.3 Å². The number of benzene rings is 1. The summed E-state index contributed by atoms with van der Waals surface area (Å²) in [5.74, 6) is 1.52. The summed E-state index contributed by atoms with van der Waals surface area (Å²) in [6.07, 6.45) is 5.13. The van der Waals surface area contributed by atoms with Crippen molar-refractivity contribution in [2.45, 2.75) is 19.8 Å². The number of anilines is 1. The monoisotopic (exact) mass is 402 g/mol. The van der Waals surface area contributed by atoms with Crippen LogP contribution in [-0.2, 0) is 12.8 Å². The minimum Gasteiger partial charge on any atom is -0.410 e. The van der Waals surface area contributed by atoms with Gasteiger partial charge in [-0.15, -0.1) is 0 Å². The minimum atomic E-state index is -0.299. The lowest BCUT2D eigenvalue weighted by molar-refractivity contribution is 0.149. The third-order valence-corrected chi connectivity index (χ3v) is 5.28. The van der Waals surface area contributed by atoms with Crippen LogP contribution in [-0.4, -0.2) is 47.1 Å². The Morgan fingerprint density at radius 2 is 1.73 bits per heavy atom. The highest BCUT2D eigenvalue weighted by Crippen LogP contribution is 2.17. The van der Waals surface area contributed by atoms with Crippen molar-refractivity contribution in [3.8, 4) is 5.75 Å². The molecule has 0 saturated carbocycles. The number of piperazine rings is 1. The molecule has 1 amide bonds. The molecule has 6 heteroatoms. The van der Waals surface area contributed by atoms with Crippen molar-refractivity contribution in [3.63, 3.8) is 0 Å². The molecular weight excluding hydrogens is 376 g/mol. The normalized spacial score (nSPS) is 13.9. The Balaban J connectivity index is 1.26. The zero-order valence-corrected chi connectivity index (χ0v) is 17.2. The Kier molecular flexibility index (Phi) is 6.23. The van der Waals surface area contributed by atoms with Crippen LogP contribution in [0.2, 0.25) is 0 Å². The number of nitrogens with zero attached hydrogens (tertiary/aromatic N) is 4. The second-order valence-corrected chi connectivity index (χ2v) is 7.50. The van der Waals surface area contributed by atoms with Crippen LogP contribution in [0.3, 0.4) is 0 Å². The smallest absolute Gasteiger partial charge is 0.410 e. The number of amides is 1. The molecule has 0 unspecified atom stereocenters. The van der Waals surface area contributed by atoms with Crippen molar-refractivity contribution in [1.29, 1.82) is 0 Å². The van der Waals surface area contributed by atoms with Crippen LogP contribution < -0.4 is 9.64 Å². The molecule has 6 nitrogen and oxygen atoms in total. The number of rotatable bonds is 5. The second kappa shape index (κ2) is 9.39. The van der Waals surface area contributed by atoms with Gasteiger partial charge in [-0.3, -0.25) is 4.98 Å². The summed E-state index contributed by atoms with van der Waals surface area (Å²) in [5.41, 5.74) is 3.51. The molecule has 4 rings (SSSR count). The van der Waals surface area contributed by atoms with E-state index in [1.807, 2.05) is 54.7 Å². The molecule has 1 aliphatic rings. The van der Waals surface area contributed by atoms with E-state index in [4.69, 9.17) is 4.74 Å². The Morgan fingerprint density at radius 3 is 2.43 bits per heavy atom. The summed E-state index contributed by atoms with van der Waals surface area (Å²) in [4.78, 5) is 25.2. The SMILES string of the molecule is Cc1ccnc(CCc2ccc(OC(=O)N3CCN(c4ccccn4)CC3)cc2)c1. The number of carbonyl (C=O) groups is 1. The van der Waals surface area contributed by atoms with Crippen molar-refractivity contribution in [1.82, 2.24) is 14.9 Å². The summed E-state index contributed by atoms with van der Waals surface area (Å²) in [7, 11) is 0. The molecule has 154 valence electrons. The number of aromatic nitrogens is 2. The van der Waals surface area contributed by atoms with Gasteiger partial charge >= 0.3 is 6.09 Å². The molecule has 0 aliphatic carbocycles. The first-order valence-electron chi connectivity index (χ1n) is 10.3. The highest BCUT2D eigenvalue weighted by Gasteiger charge is 2.23. The zero-order chi connectivity index (χ0) is 20.8. The van der Waals surface area contributed by atoms with Crippen molar-refractivity contribution in [3.05, 3.63) is 83.8 Å². The van der Waals surface area contributed by atoms with Gasteiger partial charge in [0.25, 0.3) is 0 Å². The lowest BCUT2D eigenvalue weighted by Crippen LogP contribution is -2.49. The van der Waals surface area contributed by atoms with Crippen LogP contribution >= 0.6 is 0 Å². The van der Waals surface area contributed by atoms with E-state index < -0.39 is 0 Å². The van der Waals surface area contributed by atoms with E-state index in [0.29, 0.717) is 18.8 Å². The third-order valence-electron chi connectivity index (χ3n) is 5.28. The number of hydrogen-bond acceptors (Lipinski definition) is 5. The predicted octanol–water partition coefficient (Wildman–Crippen LogP) is 3.89. The lowest BCUT2D eigenvalue weighted by atomic mass is 10.1. The standard InChI is InChI=1S/C24H26N4O2/c1-19-11-13-25-21(18-19)8-5-20-6-9-22(10-7-20)30-24(29)28-16-14-27(15-17-28)23-4-2-3-12-26-23/h2-4,6-7,9-13,18H,5,8,14-17H2,1H3. The highest BCUT2D eigenvalue weighted by molar-refractivity contribution is 5.71. The fourth-order valence-electron chi connectivity index (χ4n) is 3.56. The van der Waals surface area contributed by atoms with Gasteiger partial charge in [0.2, 0.25) is 0 Å². The third kappa shape index (κ3) is 5.14. The second-order valence-electron chi connectivity index (χ2n) is 7.50. The number of aryl methyl sites for hydroxylation is 3. The maximum absolute atomic E-state index is 12.5. The molecule has 1 aromatic carbocycles. The van der Waals surface area contributed by atoms with E-state index in [9.17, 15) is 4.79 Å². The minimum absolute atomic E-state index is 0.299. The Hall–Kier alpha value is -3.41. The molecule has 1 saturated heterocycles. The lowest BCUT2D eigenvalue weighted by Gasteiger charge is -2.34. The van der Waals surface area contributed by atoms with E-state index in [1.54, 1.807) is 11.1 Å². The number of hydrogen-bond donors (Lipinski definition) is 0. The molecule has 30 heavy (non-hydrogen) atoms. The fraction of sp³-hybridized carbons (Fsp3) is 0.292. The van der Waals surface area contributed by atoms with Crippen molar-refractivity contribution < 1.29 is 9.53 Å². The van der Waals surface area contributed by atoms with E-state index >= 15 is 0 Å². The summed E-state index contributed by atoms with van der Waals surface area (Å²) < 4.78 is 5.57. The molecule has 1 fully saturated rings.